The van der Waals surface area contributed by atoms with Crippen LogP contribution in [0.4, 0.5) is 0 Å². The minimum atomic E-state index is -0.410. The van der Waals surface area contributed by atoms with Gasteiger partial charge in [-0.15, -0.1) is 0 Å². The standard InChI is InChI=1S/C54H34N4O/c1-2-15-33(16-3-1)51-56-52(36-29-30-42-40-22-6-5-20-38(40)39-21-7-8-23-41(39)47(42)32-36)58-53(57-51)45-26-11-4-19-37(45)34-17-14-18-35(31-34)50-44-25-10-9-24-43(44)49-46-27-12-13-28-48(46)59-54(49)55-50/h1-32,53H,(H,56,57,58). The van der Waals surface area contributed by atoms with E-state index >= 15 is 0 Å². The molecule has 0 bridgehead atoms. The fourth-order valence-corrected chi connectivity index (χ4v) is 9.02. The highest BCUT2D eigenvalue weighted by Crippen LogP contribution is 2.40. The lowest BCUT2D eigenvalue weighted by molar-refractivity contribution is 0.655. The second kappa shape index (κ2) is 13.4. The lowest BCUT2D eigenvalue weighted by atomic mass is 9.93. The minimum Gasteiger partial charge on any atom is -0.438 e. The highest BCUT2D eigenvalue weighted by Gasteiger charge is 2.24. The molecule has 0 fully saturated rings. The van der Waals surface area contributed by atoms with Crippen molar-refractivity contribution in [2.24, 2.45) is 9.98 Å². The number of benzene rings is 9. The largest absolute Gasteiger partial charge is 0.438 e. The van der Waals surface area contributed by atoms with E-state index in [-0.39, 0.29) is 0 Å². The molecular formula is C54H34N4O. The number of fused-ring (bicyclic) bond motifs is 11. The zero-order chi connectivity index (χ0) is 38.9. The molecular weight excluding hydrogens is 721 g/mol. The van der Waals surface area contributed by atoms with Gasteiger partial charge in [0.1, 0.15) is 17.6 Å². The molecule has 2 aromatic heterocycles. The maximum absolute atomic E-state index is 6.35. The van der Waals surface area contributed by atoms with Gasteiger partial charge in [0, 0.05) is 33.0 Å². The molecule has 0 saturated heterocycles. The van der Waals surface area contributed by atoms with E-state index in [0.29, 0.717) is 11.5 Å². The SMILES string of the molecule is c1ccc(C2=NC(c3ccc4c5ccccc5c5ccccc5c4c3)=NC(c3ccccc3-c3cccc(-c4nc5oc6ccccc6c5c5ccccc45)c3)N2)cc1. The molecule has 276 valence electrons. The van der Waals surface area contributed by atoms with Crippen LogP contribution in [0, 0.1) is 0 Å². The summed E-state index contributed by atoms with van der Waals surface area (Å²) in [5.41, 5.74) is 8.54. The number of rotatable bonds is 5. The first-order chi connectivity index (χ1) is 29.2. The fraction of sp³-hybridized carbons (Fsp3) is 0.0185. The molecule has 5 nitrogen and oxygen atoms in total. The van der Waals surface area contributed by atoms with Crippen molar-refractivity contribution in [2.45, 2.75) is 6.17 Å². The Hall–Kier alpha value is -7.89. The molecule has 1 unspecified atom stereocenters. The Kier molecular flexibility index (Phi) is 7.53. The Morgan fingerprint density at radius 3 is 1.80 bits per heavy atom. The Labute approximate surface area is 339 Å². The van der Waals surface area contributed by atoms with Crippen LogP contribution < -0.4 is 5.32 Å². The van der Waals surface area contributed by atoms with Crippen LogP contribution in [0.3, 0.4) is 0 Å². The molecule has 59 heavy (non-hydrogen) atoms. The van der Waals surface area contributed by atoms with Crippen molar-refractivity contribution in [2.75, 3.05) is 0 Å². The van der Waals surface area contributed by atoms with Crippen LogP contribution in [0.1, 0.15) is 22.9 Å². The second-order valence-electron chi connectivity index (χ2n) is 15.1. The van der Waals surface area contributed by atoms with Crippen molar-refractivity contribution in [3.8, 4) is 22.4 Å². The molecule has 1 aliphatic rings. The molecule has 11 aromatic rings. The second-order valence-corrected chi connectivity index (χ2v) is 15.1. The number of aliphatic imine (C=N–C) groups is 2. The van der Waals surface area contributed by atoms with Gasteiger partial charge in [0.25, 0.3) is 0 Å². The third kappa shape index (κ3) is 5.43. The van der Waals surface area contributed by atoms with E-state index in [2.05, 4.69) is 169 Å². The van der Waals surface area contributed by atoms with E-state index in [9.17, 15) is 0 Å². The first-order valence-electron chi connectivity index (χ1n) is 20.0. The Morgan fingerprint density at radius 2 is 1.02 bits per heavy atom. The highest BCUT2D eigenvalue weighted by molar-refractivity contribution is 6.26. The average Bonchev–Trinajstić information content (AvgIpc) is 3.70. The van der Waals surface area contributed by atoms with E-state index < -0.39 is 6.17 Å². The van der Waals surface area contributed by atoms with Crippen molar-refractivity contribution in [3.63, 3.8) is 0 Å². The van der Waals surface area contributed by atoms with Gasteiger partial charge in [-0.05, 0) is 67.0 Å². The van der Waals surface area contributed by atoms with Crippen LogP contribution in [-0.2, 0) is 0 Å². The maximum atomic E-state index is 6.35. The zero-order valence-electron chi connectivity index (χ0n) is 31.8. The van der Waals surface area contributed by atoms with Gasteiger partial charge in [-0.1, -0.05) is 176 Å². The molecule has 9 aromatic carbocycles. The molecule has 1 aliphatic heterocycles. The summed E-state index contributed by atoms with van der Waals surface area (Å²) in [5, 5.41) is 15.4. The molecule has 0 radical (unpaired) electrons. The number of pyridine rings is 1. The number of hydrogen-bond donors (Lipinski definition) is 1. The van der Waals surface area contributed by atoms with Crippen molar-refractivity contribution in [1.82, 2.24) is 10.3 Å². The normalized spacial score (nSPS) is 14.3. The summed E-state index contributed by atoms with van der Waals surface area (Å²) < 4.78 is 6.35. The molecule has 0 spiro atoms. The number of aromatic nitrogens is 1. The van der Waals surface area contributed by atoms with Gasteiger partial charge in [-0.25, -0.2) is 15.0 Å². The summed E-state index contributed by atoms with van der Waals surface area (Å²) in [5.74, 6) is 1.47. The van der Waals surface area contributed by atoms with Gasteiger partial charge in [-0.3, -0.25) is 0 Å². The lowest BCUT2D eigenvalue weighted by Gasteiger charge is -2.25. The van der Waals surface area contributed by atoms with Gasteiger partial charge in [0.15, 0.2) is 5.84 Å². The number of hydrogen-bond acceptors (Lipinski definition) is 5. The topological polar surface area (TPSA) is 62.8 Å². The number of nitrogens with one attached hydrogen (secondary N) is 1. The third-order valence-electron chi connectivity index (χ3n) is 11.7. The van der Waals surface area contributed by atoms with Crippen molar-refractivity contribution in [3.05, 3.63) is 211 Å². The first kappa shape index (κ1) is 33.3. The van der Waals surface area contributed by atoms with Gasteiger partial charge in [-0.2, -0.15) is 0 Å². The molecule has 0 aliphatic carbocycles. The van der Waals surface area contributed by atoms with E-state index in [4.69, 9.17) is 19.4 Å². The monoisotopic (exact) mass is 754 g/mol. The van der Waals surface area contributed by atoms with Gasteiger partial charge < -0.3 is 9.73 Å². The Balaban J connectivity index is 1.01. The lowest BCUT2D eigenvalue weighted by Crippen LogP contribution is -2.33. The van der Waals surface area contributed by atoms with Crippen LogP contribution >= 0.6 is 0 Å². The number of para-hydroxylation sites is 1. The molecule has 1 N–H and O–H groups in total. The van der Waals surface area contributed by atoms with Gasteiger partial charge in [0.05, 0.1) is 11.1 Å². The molecule has 12 rings (SSSR count). The molecule has 5 heteroatoms. The van der Waals surface area contributed by atoms with Crippen molar-refractivity contribution >= 4 is 76.8 Å². The summed E-state index contributed by atoms with van der Waals surface area (Å²) in [6.45, 7) is 0. The molecule has 0 saturated carbocycles. The van der Waals surface area contributed by atoms with Gasteiger partial charge >= 0.3 is 0 Å². The third-order valence-corrected chi connectivity index (χ3v) is 11.7. The van der Waals surface area contributed by atoms with Crippen molar-refractivity contribution in [1.29, 1.82) is 0 Å². The molecule has 0 amide bonds. The summed E-state index contributed by atoms with van der Waals surface area (Å²) in [7, 11) is 0. The number of amidine groups is 2. The van der Waals surface area contributed by atoms with E-state index in [0.717, 1.165) is 72.0 Å². The van der Waals surface area contributed by atoms with E-state index in [1.54, 1.807) is 0 Å². The quantitative estimate of drug-likeness (QED) is 0.178. The summed E-state index contributed by atoms with van der Waals surface area (Å²) >= 11 is 0. The Morgan fingerprint density at radius 1 is 0.424 bits per heavy atom. The summed E-state index contributed by atoms with van der Waals surface area (Å²) in [4.78, 5) is 15.8. The minimum absolute atomic E-state index is 0.410. The first-order valence-corrected chi connectivity index (χ1v) is 20.0. The predicted octanol–water partition coefficient (Wildman–Crippen LogP) is 13.4. The predicted molar refractivity (Wildman–Crippen MR) is 244 cm³/mol. The number of furan rings is 1. The van der Waals surface area contributed by atoms with E-state index in [1.807, 2.05) is 30.3 Å². The van der Waals surface area contributed by atoms with Crippen LogP contribution in [0.15, 0.2) is 209 Å². The molecule has 1 atom stereocenters. The van der Waals surface area contributed by atoms with Gasteiger partial charge in [0.2, 0.25) is 5.71 Å². The van der Waals surface area contributed by atoms with Crippen molar-refractivity contribution < 1.29 is 4.42 Å². The molecule has 3 heterocycles. The van der Waals surface area contributed by atoms with Crippen LogP contribution in [0.2, 0.25) is 0 Å². The zero-order valence-corrected chi connectivity index (χ0v) is 31.8. The highest BCUT2D eigenvalue weighted by atomic mass is 16.3. The summed E-state index contributed by atoms with van der Waals surface area (Å²) in [6, 6.07) is 68.2. The average molecular weight is 755 g/mol. The van der Waals surface area contributed by atoms with Crippen LogP contribution in [-0.4, -0.2) is 16.7 Å². The smallest absolute Gasteiger partial charge is 0.228 e. The maximum Gasteiger partial charge on any atom is 0.228 e. The fourth-order valence-electron chi connectivity index (χ4n) is 9.02. The van der Waals surface area contributed by atoms with E-state index in [1.165, 1.54) is 32.3 Å². The summed E-state index contributed by atoms with van der Waals surface area (Å²) in [6.07, 6.45) is -0.410. The van der Waals surface area contributed by atoms with Crippen LogP contribution in [0.25, 0.3) is 87.5 Å². The Bertz CT molecular complexity index is 3510. The van der Waals surface area contributed by atoms with Crippen LogP contribution in [0.5, 0.6) is 0 Å². The number of nitrogens with zero attached hydrogens (tertiary/aromatic N) is 3.